The fraction of sp³-hybridized carbons (Fsp3) is 0.250. The van der Waals surface area contributed by atoms with Crippen LogP contribution in [0.25, 0.3) is 5.57 Å². The molecule has 0 bridgehead atoms. The first kappa shape index (κ1) is 11.6. The predicted molar refractivity (Wildman–Crippen MR) is 61.7 cm³/mol. The van der Waals surface area contributed by atoms with Gasteiger partial charge < -0.3 is 0 Å². The summed E-state index contributed by atoms with van der Waals surface area (Å²) in [6.45, 7) is 13.3. The van der Waals surface area contributed by atoms with E-state index >= 15 is 0 Å². The Morgan fingerprint density at radius 3 is 2.15 bits per heavy atom. The van der Waals surface area contributed by atoms with Gasteiger partial charge in [0.1, 0.15) is 0 Å². The molecule has 0 unspecified atom stereocenters. The van der Waals surface area contributed by atoms with E-state index < -0.39 is 0 Å². The molecule has 0 amide bonds. The molecule has 70 valence electrons. The number of aliphatic imine (C=N–C) groups is 1. The van der Waals surface area contributed by atoms with E-state index in [0.29, 0.717) is 0 Å². The number of benzene rings is 1. The summed E-state index contributed by atoms with van der Waals surface area (Å²) in [4.78, 5) is 3.88. The minimum absolute atomic E-state index is 0.903. The van der Waals surface area contributed by atoms with Gasteiger partial charge in [0.25, 0.3) is 0 Å². The Kier molecular flexibility index (Phi) is 5.53. The van der Waals surface area contributed by atoms with Crippen LogP contribution < -0.4 is 0 Å². The van der Waals surface area contributed by atoms with Crippen LogP contribution in [0.4, 0.5) is 5.69 Å². The summed E-state index contributed by atoms with van der Waals surface area (Å²) >= 11 is 0. The van der Waals surface area contributed by atoms with Crippen molar-refractivity contribution in [2.24, 2.45) is 4.99 Å². The lowest BCUT2D eigenvalue weighted by molar-refractivity contribution is 1.49. The molecule has 0 saturated heterocycles. The zero-order chi connectivity index (χ0) is 10.3. The minimum atomic E-state index is 0.903. The predicted octanol–water partition coefficient (Wildman–Crippen LogP) is 4.08. The Bertz CT molecular complexity index is 287. The standard InChI is InChI=1S/C10H11N.C2H6/c1-8(2)9-6-4-5-7-10(9)11-3;1-2/h4-7H,1,3H2,2H3;1-2H3. The fourth-order valence-corrected chi connectivity index (χ4v) is 0.972. The second-order valence-electron chi connectivity index (χ2n) is 2.46. The summed E-state index contributed by atoms with van der Waals surface area (Å²) in [5, 5.41) is 0. The van der Waals surface area contributed by atoms with Crippen LogP contribution in [0, 0.1) is 0 Å². The maximum Gasteiger partial charge on any atom is 0.0697 e. The SMILES string of the molecule is C=Nc1ccccc1C(=C)C.CC. The van der Waals surface area contributed by atoms with Gasteiger partial charge in [0.05, 0.1) is 5.69 Å². The van der Waals surface area contributed by atoms with Gasteiger partial charge in [-0.2, -0.15) is 0 Å². The van der Waals surface area contributed by atoms with Crippen molar-refractivity contribution >= 4 is 18.0 Å². The van der Waals surface area contributed by atoms with Crippen molar-refractivity contribution in [2.45, 2.75) is 20.8 Å². The van der Waals surface area contributed by atoms with Gasteiger partial charge >= 0.3 is 0 Å². The maximum absolute atomic E-state index is 3.88. The van der Waals surface area contributed by atoms with E-state index in [0.717, 1.165) is 16.8 Å². The lowest BCUT2D eigenvalue weighted by Crippen LogP contribution is -1.77. The second-order valence-corrected chi connectivity index (χ2v) is 2.46. The van der Waals surface area contributed by atoms with Crippen molar-refractivity contribution in [2.75, 3.05) is 0 Å². The van der Waals surface area contributed by atoms with Gasteiger partial charge in [-0.1, -0.05) is 38.6 Å². The van der Waals surface area contributed by atoms with Gasteiger partial charge in [0.15, 0.2) is 0 Å². The number of rotatable bonds is 2. The Morgan fingerprint density at radius 2 is 1.77 bits per heavy atom. The molecule has 1 nitrogen and oxygen atoms in total. The van der Waals surface area contributed by atoms with Crippen LogP contribution >= 0.6 is 0 Å². The van der Waals surface area contributed by atoms with E-state index in [1.807, 2.05) is 45.0 Å². The fourth-order valence-electron chi connectivity index (χ4n) is 0.972. The molecule has 0 spiro atoms. The molecule has 0 aliphatic carbocycles. The van der Waals surface area contributed by atoms with Crippen molar-refractivity contribution in [1.82, 2.24) is 0 Å². The Balaban J connectivity index is 0.000000671. The molecule has 13 heavy (non-hydrogen) atoms. The topological polar surface area (TPSA) is 12.4 Å². The molecule has 0 aliphatic heterocycles. The molecule has 0 atom stereocenters. The molecular formula is C12H17N. The molecule has 1 heteroatoms. The first-order valence-electron chi connectivity index (χ1n) is 4.47. The number of para-hydroxylation sites is 1. The van der Waals surface area contributed by atoms with Crippen LogP contribution in [0.1, 0.15) is 26.3 Å². The molecule has 1 rings (SSSR count). The van der Waals surface area contributed by atoms with Gasteiger partial charge in [0.2, 0.25) is 0 Å². The zero-order valence-corrected chi connectivity index (χ0v) is 8.67. The highest BCUT2D eigenvalue weighted by atomic mass is 14.7. The van der Waals surface area contributed by atoms with Gasteiger partial charge in [-0.05, 0) is 25.3 Å². The smallest absolute Gasteiger partial charge is 0.0697 e. The van der Waals surface area contributed by atoms with Gasteiger partial charge in [-0.15, -0.1) is 0 Å². The molecule has 0 aromatic heterocycles. The molecule has 0 radical (unpaired) electrons. The first-order valence-corrected chi connectivity index (χ1v) is 4.47. The average Bonchev–Trinajstić information content (AvgIpc) is 2.20. The van der Waals surface area contributed by atoms with Crippen molar-refractivity contribution in [3.63, 3.8) is 0 Å². The molecular weight excluding hydrogens is 158 g/mol. The third-order valence-corrected chi connectivity index (χ3v) is 1.53. The quantitative estimate of drug-likeness (QED) is 0.600. The first-order chi connectivity index (χ1) is 6.25. The monoisotopic (exact) mass is 175 g/mol. The number of hydrogen-bond acceptors (Lipinski definition) is 1. The average molecular weight is 175 g/mol. The van der Waals surface area contributed by atoms with E-state index in [4.69, 9.17) is 0 Å². The lowest BCUT2D eigenvalue weighted by Gasteiger charge is -2.02. The van der Waals surface area contributed by atoms with E-state index in [1.54, 1.807) is 0 Å². The normalized spacial score (nSPS) is 8.23. The van der Waals surface area contributed by atoms with Crippen LogP contribution in [-0.4, -0.2) is 6.72 Å². The molecule has 0 aliphatic rings. The number of nitrogens with zero attached hydrogens (tertiary/aromatic N) is 1. The number of hydrogen-bond donors (Lipinski definition) is 0. The molecule has 0 N–H and O–H groups in total. The van der Waals surface area contributed by atoms with Crippen molar-refractivity contribution in [1.29, 1.82) is 0 Å². The van der Waals surface area contributed by atoms with Crippen LogP contribution in [0.5, 0.6) is 0 Å². The van der Waals surface area contributed by atoms with Gasteiger partial charge in [-0.25, -0.2) is 0 Å². The van der Waals surface area contributed by atoms with Crippen LogP contribution in [0.15, 0.2) is 35.8 Å². The summed E-state index contributed by atoms with van der Waals surface area (Å²) in [6.07, 6.45) is 0. The van der Waals surface area contributed by atoms with Crippen molar-refractivity contribution in [3.05, 3.63) is 36.4 Å². The third-order valence-electron chi connectivity index (χ3n) is 1.53. The third kappa shape index (κ3) is 3.24. The molecule has 0 heterocycles. The van der Waals surface area contributed by atoms with Crippen LogP contribution in [0.3, 0.4) is 0 Å². The van der Waals surface area contributed by atoms with Gasteiger partial charge in [0, 0.05) is 5.56 Å². The van der Waals surface area contributed by atoms with Crippen LogP contribution in [-0.2, 0) is 0 Å². The molecule has 1 aromatic rings. The van der Waals surface area contributed by atoms with Crippen LogP contribution in [0.2, 0.25) is 0 Å². The largest absolute Gasteiger partial charge is 0.264 e. The van der Waals surface area contributed by atoms with E-state index in [-0.39, 0.29) is 0 Å². The minimum Gasteiger partial charge on any atom is -0.264 e. The summed E-state index contributed by atoms with van der Waals surface area (Å²) in [5.74, 6) is 0. The summed E-state index contributed by atoms with van der Waals surface area (Å²) in [6, 6.07) is 7.83. The second kappa shape index (κ2) is 6.18. The summed E-state index contributed by atoms with van der Waals surface area (Å²) < 4.78 is 0. The number of allylic oxidation sites excluding steroid dienone is 1. The highest BCUT2D eigenvalue weighted by Gasteiger charge is 1.97. The van der Waals surface area contributed by atoms with E-state index in [9.17, 15) is 0 Å². The highest BCUT2D eigenvalue weighted by Crippen LogP contribution is 2.23. The molecule has 0 saturated carbocycles. The van der Waals surface area contributed by atoms with Crippen molar-refractivity contribution in [3.8, 4) is 0 Å². The lowest BCUT2D eigenvalue weighted by atomic mass is 10.1. The Morgan fingerprint density at radius 1 is 1.23 bits per heavy atom. The van der Waals surface area contributed by atoms with E-state index in [2.05, 4.69) is 18.3 Å². The Labute approximate surface area is 80.8 Å². The molecule has 0 fully saturated rings. The summed E-state index contributed by atoms with van der Waals surface area (Å²) in [5.41, 5.74) is 3.00. The molecule has 1 aromatic carbocycles. The maximum atomic E-state index is 3.88. The van der Waals surface area contributed by atoms with E-state index in [1.165, 1.54) is 0 Å². The van der Waals surface area contributed by atoms with Crippen molar-refractivity contribution < 1.29 is 0 Å². The zero-order valence-electron chi connectivity index (χ0n) is 8.67. The highest BCUT2D eigenvalue weighted by molar-refractivity contribution is 5.72. The summed E-state index contributed by atoms with van der Waals surface area (Å²) in [7, 11) is 0. The Hall–Kier alpha value is -1.37. The van der Waals surface area contributed by atoms with Gasteiger partial charge in [-0.3, -0.25) is 4.99 Å².